The highest BCUT2D eigenvalue weighted by atomic mass is 32.2. The lowest BCUT2D eigenvalue weighted by atomic mass is 10.3. The maximum absolute atomic E-state index is 12.3. The van der Waals surface area contributed by atoms with E-state index < -0.39 is 10.0 Å². The fourth-order valence-electron chi connectivity index (χ4n) is 1.69. The molecule has 1 aromatic heterocycles. The maximum atomic E-state index is 12.3. The van der Waals surface area contributed by atoms with E-state index in [1.165, 1.54) is 4.31 Å². The summed E-state index contributed by atoms with van der Waals surface area (Å²) in [6, 6.07) is 0.162. The molecule has 0 amide bonds. The Hall–Kier alpha value is -0.920. The van der Waals surface area contributed by atoms with Crippen LogP contribution in [0.5, 0.6) is 0 Å². The van der Waals surface area contributed by atoms with Crippen molar-refractivity contribution in [3.05, 3.63) is 11.8 Å². The van der Waals surface area contributed by atoms with Crippen molar-refractivity contribution in [2.24, 2.45) is 0 Å². The smallest absolute Gasteiger partial charge is 0.260 e. The summed E-state index contributed by atoms with van der Waals surface area (Å²) in [5.41, 5.74) is 0.694. The van der Waals surface area contributed by atoms with E-state index in [0.717, 1.165) is 19.4 Å². The van der Waals surface area contributed by atoms with Crippen LogP contribution in [0.15, 0.2) is 11.2 Å². The lowest BCUT2D eigenvalue weighted by Gasteiger charge is -2.16. The van der Waals surface area contributed by atoms with Crippen LogP contribution in [-0.4, -0.2) is 42.6 Å². The van der Waals surface area contributed by atoms with Gasteiger partial charge in [-0.1, -0.05) is 6.92 Å². The molecule has 0 aliphatic heterocycles. The van der Waals surface area contributed by atoms with Gasteiger partial charge in [0.2, 0.25) is 0 Å². The Labute approximate surface area is 101 Å². The zero-order chi connectivity index (χ0) is 12.5. The molecule has 1 saturated carbocycles. The molecule has 2 rings (SSSR count). The largest absolute Gasteiger partial charge is 0.313 e. The summed E-state index contributed by atoms with van der Waals surface area (Å²) < 4.78 is 26.0. The maximum Gasteiger partial charge on any atom is 0.260 e. The van der Waals surface area contributed by atoms with Gasteiger partial charge in [0.05, 0.1) is 6.20 Å². The zero-order valence-electron chi connectivity index (χ0n) is 10.1. The molecule has 0 aromatic carbocycles. The topological polar surface area (TPSA) is 78.1 Å². The van der Waals surface area contributed by atoms with Crippen LogP contribution in [0.1, 0.15) is 25.3 Å². The lowest BCUT2D eigenvalue weighted by molar-refractivity contribution is 0.460. The SMILES string of the molecule is CCNCc1cn[nH]c1S(=O)(=O)N(C)C1CC1. The third-order valence-corrected chi connectivity index (χ3v) is 4.87. The number of H-pyrrole nitrogens is 1. The molecule has 7 heteroatoms. The first kappa shape index (κ1) is 12.5. The van der Waals surface area contributed by atoms with Crippen molar-refractivity contribution < 1.29 is 8.42 Å². The second-order valence-corrected chi connectivity index (χ2v) is 6.19. The molecule has 17 heavy (non-hydrogen) atoms. The van der Waals surface area contributed by atoms with Crippen molar-refractivity contribution in [1.82, 2.24) is 19.8 Å². The van der Waals surface area contributed by atoms with E-state index in [4.69, 9.17) is 0 Å². The fraction of sp³-hybridized carbons (Fsp3) is 0.700. The Bertz CT molecular complexity index is 478. The molecule has 1 aliphatic rings. The number of aromatic nitrogens is 2. The molecule has 6 nitrogen and oxygen atoms in total. The second kappa shape index (κ2) is 4.75. The van der Waals surface area contributed by atoms with Crippen LogP contribution in [0.2, 0.25) is 0 Å². The summed E-state index contributed by atoms with van der Waals surface area (Å²) in [6.45, 7) is 3.29. The van der Waals surface area contributed by atoms with Gasteiger partial charge in [-0.15, -0.1) is 0 Å². The molecule has 96 valence electrons. The van der Waals surface area contributed by atoms with Gasteiger partial charge in [-0.3, -0.25) is 5.10 Å². The number of sulfonamides is 1. The Morgan fingerprint density at radius 3 is 2.88 bits per heavy atom. The molecule has 1 aromatic rings. The normalized spacial score (nSPS) is 16.6. The Balaban J connectivity index is 2.23. The highest BCUT2D eigenvalue weighted by Crippen LogP contribution is 2.30. The van der Waals surface area contributed by atoms with E-state index >= 15 is 0 Å². The minimum absolute atomic E-state index is 0.162. The van der Waals surface area contributed by atoms with Crippen LogP contribution in [0.25, 0.3) is 0 Å². The first-order chi connectivity index (χ1) is 8.07. The standard InChI is InChI=1S/C10H18N4O2S/c1-3-11-6-8-7-12-13-10(8)17(15,16)14(2)9-4-5-9/h7,9,11H,3-6H2,1-2H3,(H,12,13). The van der Waals surface area contributed by atoms with Gasteiger partial charge in [-0.25, -0.2) is 8.42 Å². The van der Waals surface area contributed by atoms with Gasteiger partial charge in [0.1, 0.15) is 0 Å². The molecule has 1 heterocycles. The average Bonchev–Trinajstić information content (AvgIpc) is 3.03. The molecule has 0 saturated heterocycles. The number of hydrogen-bond acceptors (Lipinski definition) is 4. The van der Waals surface area contributed by atoms with Crippen LogP contribution in [0.3, 0.4) is 0 Å². The van der Waals surface area contributed by atoms with Gasteiger partial charge in [0, 0.05) is 25.2 Å². The molecule has 0 spiro atoms. The minimum atomic E-state index is -3.42. The van der Waals surface area contributed by atoms with Crippen LogP contribution >= 0.6 is 0 Å². The van der Waals surface area contributed by atoms with Crippen LogP contribution in [0, 0.1) is 0 Å². The highest BCUT2D eigenvalue weighted by Gasteiger charge is 2.36. The van der Waals surface area contributed by atoms with Gasteiger partial charge >= 0.3 is 0 Å². The lowest BCUT2D eigenvalue weighted by Crippen LogP contribution is -2.30. The summed E-state index contributed by atoms with van der Waals surface area (Å²) in [7, 11) is -1.79. The molecule has 0 unspecified atom stereocenters. The highest BCUT2D eigenvalue weighted by molar-refractivity contribution is 7.89. The summed E-state index contributed by atoms with van der Waals surface area (Å²) in [4.78, 5) is 0. The van der Waals surface area contributed by atoms with E-state index in [2.05, 4.69) is 15.5 Å². The predicted molar refractivity (Wildman–Crippen MR) is 63.9 cm³/mol. The molecular weight excluding hydrogens is 240 g/mol. The molecule has 0 radical (unpaired) electrons. The van der Waals surface area contributed by atoms with Gasteiger partial charge in [-0.05, 0) is 19.4 Å². The summed E-state index contributed by atoms with van der Waals surface area (Å²) >= 11 is 0. The number of hydrogen-bond donors (Lipinski definition) is 2. The van der Waals surface area contributed by atoms with Crippen LogP contribution in [0.4, 0.5) is 0 Å². The average molecular weight is 258 g/mol. The zero-order valence-corrected chi connectivity index (χ0v) is 10.9. The number of rotatable bonds is 6. The van der Waals surface area contributed by atoms with Gasteiger partial charge in [0.25, 0.3) is 10.0 Å². The second-order valence-electron chi connectivity index (χ2n) is 4.26. The third kappa shape index (κ3) is 2.51. The first-order valence-corrected chi connectivity index (χ1v) is 7.22. The van der Waals surface area contributed by atoms with Crippen molar-refractivity contribution in [2.45, 2.75) is 37.4 Å². The monoisotopic (exact) mass is 258 g/mol. The molecule has 1 fully saturated rings. The van der Waals surface area contributed by atoms with Gasteiger partial charge in [-0.2, -0.15) is 9.40 Å². The summed E-state index contributed by atoms with van der Waals surface area (Å²) in [5, 5.41) is 9.75. The number of nitrogens with one attached hydrogen (secondary N) is 2. The van der Waals surface area contributed by atoms with E-state index in [0.29, 0.717) is 12.1 Å². The van der Waals surface area contributed by atoms with E-state index in [1.807, 2.05) is 6.92 Å². The Morgan fingerprint density at radius 2 is 2.29 bits per heavy atom. The van der Waals surface area contributed by atoms with Crippen molar-refractivity contribution in [1.29, 1.82) is 0 Å². The first-order valence-electron chi connectivity index (χ1n) is 5.78. The van der Waals surface area contributed by atoms with Crippen molar-refractivity contribution in [3.63, 3.8) is 0 Å². The quantitative estimate of drug-likeness (QED) is 0.769. The summed E-state index contributed by atoms with van der Waals surface area (Å²) in [5.74, 6) is 0. The Morgan fingerprint density at radius 1 is 1.59 bits per heavy atom. The van der Waals surface area contributed by atoms with E-state index in [-0.39, 0.29) is 11.1 Å². The van der Waals surface area contributed by atoms with Crippen molar-refractivity contribution >= 4 is 10.0 Å². The van der Waals surface area contributed by atoms with E-state index in [1.54, 1.807) is 13.2 Å². The molecule has 1 aliphatic carbocycles. The minimum Gasteiger partial charge on any atom is -0.313 e. The van der Waals surface area contributed by atoms with Crippen LogP contribution < -0.4 is 5.32 Å². The third-order valence-electron chi connectivity index (χ3n) is 2.94. The van der Waals surface area contributed by atoms with Crippen molar-refractivity contribution in [2.75, 3.05) is 13.6 Å². The van der Waals surface area contributed by atoms with Gasteiger partial charge < -0.3 is 5.32 Å². The molecule has 0 bridgehead atoms. The Kier molecular flexibility index (Phi) is 3.50. The fourth-order valence-corrected chi connectivity index (χ4v) is 3.20. The molecule has 2 N–H and O–H groups in total. The predicted octanol–water partition coefficient (Wildman–Crippen LogP) is 0.302. The van der Waals surface area contributed by atoms with Gasteiger partial charge in [0.15, 0.2) is 5.03 Å². The number of nitrogens with zero attached hydrogens (tertiary/aromatic N) is 2. The number of aromatic amines is 1. The van der Waals surface area contributed by atoms with Crippen molar-refractivity contribution in [3.8, 4) is 0 Å². The van der Waals surface area contributed by atoms with E-state index in [9.17, 15) is 8.42 Å². The molecular formula is C10H18N4O2S. The summed E-state index contributed by atoms with van der Waals surface area (Å²) in [6.07, 6.45) is 3.47. The van der Waals surface area contributed by atoms with Crippen LogP contribution in [-0.2, 0) is 16.6 Å². The molecule has 0 atom stereocenters.